The normalized spacial score (nSPS) is 11.9. The predicted octanol–water partition coefficient (Wildman–Crippen LogP) is 0.704. The average molecular weight is 268 g/mol. The number of H-pyrrole nitrogens is 1. The van der Waals surface area contributed by atoms with Crippen LogP contribution in [0.3, 0.4) is 0 Å². The minimum Gasteiger partial charge on any atom is -0.481 e. The molecule has 2 amide bonds. The lowest BCUT2D eigenvalue weighted by Gasteiger charge is -2.23. The number of aromatic nitrogens is 2. The van der Waals surface area contributed by atoms with Crippen LogP contribution in [0.15, 0.2) is 12.4 Å². The van der Waals surface area contributed by atoms with Crippen molar-refractivity contribution < 1.29 is 14.7 Å². The van der Waals surface area contributed by atoms with Gasteiger partial charge in [0, 0.05) is 38.4 Å². The van der Waals surface area contributed by atoms with E-state index in [0.717, 1.165) is 5.82 Å². The molecule has 7 nitrogen and oxygen atoms in total. The molecule has 0 spiro atoms. The van der Waals surface area contributed by atoms with Crippen molar-refractivity contribution in [1.82, 2.24) is 20.2 Å². The summed E-state index contributed by atoms with van der Waals surface area (Å²) in [6.07, 6.45) is 4.00. The van der Waals surface area contributed by atoms with Crippen LogP contribution in [-0.2, 0) is 11.2 Å². The molecule has 1 atom stereocenters. The highest BCUT2D eigenvalue weighted by Crippen LogP contribution is 2.00. The van der Waals surface area contributed by atoms with Gasteiger partial charge in [0.1, 0.15) is 5.82 Å². The van der Waals surface area contributed by atoms with E-state index in [0.29, 0.717) is 19.5 Å². The molecule has 7 heteroatoms. The quantitative estimate of drug-likeness (QED) is 0.678. The van der Waals surface area contributed by atoms with Gasteiger partial charge >= 0.3 is 12.0 Å². The minimum absolute atomic E-state index is 0.207. The number of hydrogen-bond donors (Lipinski definition) is 3. The number of carbonyl (C=O) groups excluding carboxylic acids is 1. The molecule has 0 saturated heterocycles. The lowest BCUT2D eigenvalue weighted by atomic mass is 10.2. The SMILES string of the molecule is CCN(CC(C)C(=O)O)C(=O)NCCc1ncc[nH]1. The van der Waals surface area contributed by atoms with Crippen LogP contribution in [0.25, 0.3) is 0 Å². The Morgan fingerprint density at radius 2 is 2.32 bits per heavy atom. The highest BCUT2D eigenvalue weighted by molar-refractivity contribution is 5.75. The Morgan fingerprint density at radius 3 is 2.84 bits per heavy atom. The molecule has 106 valence electrons. The maximum Gasteiger partial charge on any atom is 0.317 e. The molecule has 1 aromatic heterocycles. The summed E-state index contributed by atoms with van der Waals surface area (Å²) in [6, 6.07) is -0.248. The summed E-state index contributed by atoms with van der Waals surface area (Å²) < 4.78 is 0. The minimum atomic E-state index is -0.901. The van der Waals surface area contributed by atoms with Gasteiger partial charge < -0.3 is 20.3 Å². The molecule has 0 radical (unpaired) electrons. The lowest BCUT2D eigenvalue weighted by Crippen LogP contribution is -2.43. The molecule has 0 saturated carbocycles. The molecule has 0 aliphatic heterocycles. The van der Waals surface area contributed by atoms with Crippen molar-refractivity contribution in [3.8, 4) is 0 Å². The van der Waals surface area contributed by atoms with Gasteiger partial charge in [0.2, 0.25) is 0 Å². The Bertz CT molecular complexity index is 405. The van der Waals surface area contributed by atoms with Crippen LogP contribution in [0.4, 0.5) is 4.79 Å². The van der Waals surface area contributed by atoms with E-state index in [1.165, 1.54) is 4.90 Å². The van der Waals surface area contributed by atoms with E-state index >= 15 is 0 Å². The van der Waals surface area contributed by atoms with Crippen molar-refractivity contribution in [2.45, 2.75) is 20.3 Å². The molecular formula is C12H20N4O3. The largest absolute Gasteiger partial charge is 0.481 e. The number of amides is 2. The maximum atomic E-state index is 11.9. The maximum absolute atomic E-state index is 11.9. The molecule has 1 heterocycles. The number of nitrogens with one attached hydrogen (secondary N) is 2. The number of imidazole rings is 1. The third kappa shape index (κ3) is 4.99. The van der Waals surface area contributed by atoms with Gasteiger partial charge in [0.05, 0.1) is 5.92 Å². The zero-order valence-electron chi connectivity index (χ0n) is 11.2. The molecule has 1 aromatic rings. The molecule has 19 heavy (non-hydrogen) atoms. The molecular weight excluding hydrogens is 248 g/mol. The molecule has 0 aromatic carbocycles. The van der Waals surface area contributed by atoms with E-state index < -0.39 is 11.9 Å². The summed E-state index contributed by atoms with van der Waals surface area (Å²) >= 11 is 0. The number of carboxylic acids is 1. The van der Waals surface area contributed by atoms with E-state index in [1.54, 1.807) is 19.3 Å². The third-order valence-electron chi connectivity index (χ3n) is 2.78. The Balaban J connectivity index is 2.34. The van der Waals surface area contributed by atoms with Crippen LogP contribution < -0.4 is 5.32 Å². The number of carbonyl (C=O) groups is 2. The average Bonchev–Trinajstić information content (AvgIpc) is 2.88. The monoisotopic (exact) mass is 268 g/mol. The van der Waals surface area contributed by atoms with E-state index in [9.17, 15) is 9.59 Å². The van der Waals surface area contributed by atoms with Crippen LogP contribution >= 0.6 is 0 Å². The van der Waals surface area contributed by atoms with Crippen molar-refractivity contribution in [2.24, 2.45) is 5.92 Å². The number of hydrogen-bond acceptors (Lipinski definition) is 3. The van der Waals surface area contributed by atoms with Gasteiger partial charge in [-0.1, -0.05) is 6.92 Å². The third-order valence-corrected chi connectivity index (χ3v) is 2.78. The summed E-state index contributed by atoms with van der Waals surface area (Å²) in [5.74, 6) is -0.667. The molecule has 0 bridgehead atoms. The Labute approximate surface area is 112 Å². The molecule has 1 rings (SSSR count). The fourth-order valence-corrected chi connectivity index (χ4v) is 1.60. The van der Waals surface area contributed by atoms with Crippen molar-refractivity contribution in [1.29, 1.82) is 0 Å². The van der Waals surface area contributed by atoms with Crippen LogP contribution in [0.1, 0.15) is 19.7 Å². The smallest absolute Gasteiger partial charge is 0.317 e. The van der Waals surface area contributed by atoms with Crippen LogP contribution in [0.2, 0.25) is 0 Å². The number of aromatic amines is 1. The van der Waals surface area contributed by atoms with Gasteiger partial charge in [-0.2, -0.15) is 0 Å². The molecule has 1 unspecified atom stereocenters. The number of nitrogens with zero attached hydrogens (tertiary/aromatic N) is 2. The second-order valence-corrected chi connectivity index (χ2v) is 4.30. The molecule has 0 fully saturated rings. The fourth-order valence-electron chi connectivity index (χ4n) is 1.60. The van der Waals surface area contributed by atoms with E-state index in [4.69, 9.17) is 5.11 Å². The second-order valence-electron chi connectivity index (χ2n) is 4.30. The van der Waals surface area contributed by atoms with Crippen molar-refractivity contribution in [3.05, 3.63) is 18.2 Å². The molecule has 3 N–H and O–H groups in total. The predicted molar refractivity (Wildman–Crippen MR) is 69.7 cm³/mol. The summed E-state index contributed by atoms with van der Waals surface area (Å²) in [5, 5.41) is 11.6. The summed E-state index contributed by atoms with van der Waals surface area (Å²) in [4.78, 5) is 31.1. The standard InChI is InChI=1S/C12H20N4O3/c1-3-16(8-9(2)11(17)18)12(19)15-5-4-10-13-6-7-14-10/h6-7,9H,3-5,8H2,1-2H3,(H,13,14)(H,15,19)(H,17,18). The first-order chi connectivity index (χ1) is 9.04. The summed E-state index contributed by atoms with van der Waals surface area (Å²) in [6.45, 7) is 4.55. The topological polar surface area (TPSA) is 98.3 Å². The first-order valence-electron chi connectivity index (χ1n) is 6.28. The first-order valence-corrected chi connectivity index (χ1v) is 6.28. The first kappa shape index (κ1) is 15.0. The van der Waals surface area contributed by atoms with Crippen molar-refractivity contribution >= 4 is 12.0 Å². The van der Waals surface area contributed by atoms with Crippen LogP contribution in [0, 0.1) is 5.92 Å². The van der Waals surface area contributed by atoms with E-state index in [2.05, 4.69) is 15.3 Å². The van der Waals surface area contributed by atoms with E-state index in [1.807, 2.05) is 6.92 Å². The van der Waals surface area contributed by atoms with Crippen LogP contribution in [-0.4, -0.2) is 51.6 Å². The van der Waals surface area contributed by atoms with Gasteiger partial charge in [0.25, 0.3) is 0 Å². The Hall–Kier alpha value is -2.05. The zero-order valence-corrected chi connectivity index (χ0v) is 11.2. The van der Waals surface area contributed by atoms with Crippen molar-refractivity contribution in [2.75, 3.05) is 19.6 Å². The Morgan fingerprint density at radius 1 is 1.58 bits per heavy atom. The number of urea groups is 1. The van der Waals surface area contributed by atoms with Gasteiger partial charge in [-0.3, -0.25) is 4.79 Å². The number of aliphatic carboxylic acids is 1. The van der Waals surface area contributed by atoms with Gasteiger partial charge in [-0.25, -0.2) is 9.78 Å². The number of carboxylic acid groups (broad SMARTS) is 1. The summed E-state index contributed by atoms with van der Waals surface area (Å²) in [7, 11) is 0. The zero-order chi connectivity index (χ0) is 14.3. The second kappa shape index (κ2) is 7.40. The fraction of sp³-hybridized carbons (Fsp3) is 0.583. The lowest BCUT2D eigenvalue weighted by molar-refractivity contribution is -0.141. The van der Waals surface area contributed by atoms with Gasteiger partial charge in [-0.05, 0) is 6.92 Å². The molecule has 0 aliphatic rings. The number of rotatable bonds is 7. The van der Waals surface area contributed by atoms with Crippen LogP contribution in [0.5, 0.6) is 0 Å². The highest BCUT2D eigenvalue weighted by atomic mass is 16.4. The van der Waals surface area contributed by atoms with Crippen molar-refractivity contribution in [3.63, 3.8) is 0 Å². The van der Waals surface area contributed by atoms with E-state index in [-0.39, 0.29) is 12.6 Å². The highest BCUT2D eigenvalue weighted by Gasteiger charge is 2.18. The summed E-state index contributed by atoms with van der Waals surface area (Å²) in [5.41, 5.74) is 0. The molecule has 0 aliphatic carbocycles. The Kier molecular flexibility index (Phi) is 5.84. The van der Waals surface area contributed by atoms with Gasteiger partial charge in [0.15, 0.2) is 0 Å². The van der Waals surface area contributed by atoms with Gasteiger partial charge in [-0.15, -0.1) is 0 Å².